The van der Waals surface area contributed by atoms with Crippen LogP contribution in [0.25, 0.3) is 0 Å². The van der Waals surface area contributed by atoms with Gasteiger partial charge in [0.05, 0.1) is 37.9 Å². The Morgan fingerprint density at radius 1 is 1.03 bits per heavy atom. The van der Waals surface area contributed by atoms with E-state index in [0.717, 1.165) is 5.56 Å². The number of nitrogens with zero attached hydrogens (tertiary/aromatic N) is 1. The minimum absolute atomic E-state index is 0.000787. The summed E-state index contributed by atoms with van der Waals surface area (Å²) < 4.78 is 50.6. The van der Waals surface area contributed by atoms with E-state index >= 15 is 0 Å². The van der Waals surface area contributed by atoms with Crippen molar-refractivity contribution < 1.29 is 46.9 Å². The molecule has 2 aromatic rings. The number of carboxylic acid groups (broad SMARTS) is 1. The zero-order valence-corrected chi connectivity index (χ0v) is 23.1. The Morgan fingerprint density at radius 3 is 2.16 bits per heavy atom. The molecule has 1 aliphatic heterocycles. The summed E-state index contributed by atoms with van der Waals surface area (Å²) in [5.74, 6) is -0.141. The van der Waals surface area contributed by atoms with Crippen molar-refractivity contribution >= 4 is 32.9 Å². The maximum Gasteiger partial charge on any atom is 0.332 e. The van der Waals surface area contributed by atoms with E-state index in [1.807, 2.05) is 6.92 Å². The molecule has 1 heterocycles. The van der Waals surface area contributed by atoms with Crippen molar-refractivity contribution in [1.29, 1.82) is 0 Å². The van der Waals surface area contributed by atoms with Crippen molar-refractivity contribution in [2.45, 2.75) is 24.3 Å². The molecule has 0 unspecified atom stereocenters. The number of rotatable bonds is 13. The van der Waals surface area contributed by atoms with E-state index in [-0.39, 0.29) is 10.6 Å². The molecule has 38 heavy (non-hydrogen) atoms. The van der Waals surface area contributed by atoms with Gasteiger partial charge in [0.1, 0.15) is 23.1 Å². The smallest absolute Gasteiger partial charge is 0.332 e. The summed E-state index contributed by atoms with van der Waals surface area (Å²) >= 11 is 1.31. The highest BCUT2D eigenvalue weighted by molar-refractivity contribution is 8.14. The fourth-order valence-corrected chi connectivity index (χ4v) is 4.60. The molecule has 0 spiro atoms. The number of hydrogen-bond donors (Lipinski definition) is 3. The minimum atomic E-state index is -4.02. The fourth-order valence-electron chi connectivity index (χ4n) is 2.92. The highest BCUT2D eigenvalue weighted by atomic mass is 32.2. The van der Waals surface area contributed by atoms with E-state index in [0.29, 0.717) is 61.8 Å². The number of phenols is 1. The maximum atomic E-state index is 11.3. The Kier molecular flexibility index (Phi) is 12.5. The molecule has 0 amide bonds. The Bertz CT molecular complexity index is 1190. The average Bonchev–Trinajstić information content (AvgIpc) is 3.26. The Balaban J connectivity index is 0.000000384. The van der Waals surface area contributed by atoms with Gasteiger partial charge in [-0.15, -0.1) is 11.8 Å². The lowest BCUT2D eigenvalue weighted by Crippen LogP contribution is -2.33. The third-order valence-corrected chi connectivity index (χ3v) is 7.28. The number of hydrogen-bond acceptors (Lipinski definition) is 10. The fraction of sp³-hybridized carbons (Fsp3) is 0.440. The Labute approximate surface area is 226 Å². The number of methoxy groups -OCH3 is 1. The second-order valence-electron chi connectivity index (χ2n) is 8.32. The molecule has 1 aliphatic rings. The van der Waals surface area contributed by atoms with Crippen LogP contribution in [-0.2, 0) is 29.1 Å². The number of aliphatic carboxylic acids is 1. The standard InChI is InChI=1S/C18H25NO7S.C7H8O3S/c1-18(17(21)22)12-27-16(19-18)14-4-3-13(11-15(14)20)26-10-9-25-8-7-24-6-5-23-2;1-6-2-4-7(5-3-6)11(8,9)10/h3-4,11,20H,5-10,12H2,1-2H3,(H,21,22);2-5H,1H3,(H,8,9,10)/t18-;/m1./s1. The molecule has 11 nitrogen and oxygen atoms in total. The largest absolute Gasteiger partial charge is 0.507 e. The molecule has 2 aromatic carbocycles. The van der Waals surface area contributed by atoms with Crippen molar-refractivity contribution in [1.82, 2.24) is 0 Å². The second kappa shape index (κ2) is 15.0. The number of carboxylic acids is 1. The summed E-state index contributed by atoms with van der Waals surface area (Å²) in [4.78, 5) is 15.4. The summed E-state index contributed by atoms with van der Waals surface area (Å²) in [6.07, 6.45) is 0. The summed E-state index contributed by atoms with van der Waals surface area (Å²) in [5, 5.41) is 20.0. The summed E-state index contributed by atoms with van der Waals surface area (Å²) in [6.45, 7) is 6.20. The summed E-state index contributed by atoms with van der Waals surface area (Å²) in [6, 6.07) is 10.9. The van der Waals surface area contributed by atoms with Crippen LogP contribution in [0.15, 0.2) is 52.4 Å². The van der Waals surface area contributed by atoms with Crippen molar-refractivity contribution in [3.8, 4) is 11.5 Å². The molecule has 3 N–H and O–H groups in total. The molecule has 0 aromatic heterocycles. The van der Waals surface area contributed by atoms with Crippen LogP contribution < -0.4 is 4.74 Å². The van der Waals surface area contributed by atoms with Crippen molar-refractivity contribution in [2.75, 3.05) is 52.5 Å². The number of aryl methyl sites for hydroxylation is 1. The van der Waals surface area contributed by atoms with Crippen LogP contribution in [-0.4, -0.2) is 92.2 Å². The molecule has 3 rings (SSSR count). The first-order valence-electron chi connectivity index (χ1n) is 11.6. The highest BCUT2D eigenvalue weighted by Gasteiger charge is 2.39. The zero-order chi connectivity index (χ0) is 28.2. The number of benzene rings is 2. The van der Waals surface area contributed by atoms with Gasteiger partial charge in [-0.1, -0.05) is 17.7 Å². The van der Waals surface area contributed by atoms with E-state index in [1.54, 1.807) is 38.3 Å². The van der Waals surface area contributed by atoms with Crippen molar-refractivity contribution in [3.63, 3.8) is 0 Å². The first-order valence-corrected chi connectivity index (χ1v) is 14.0. The highest BCUT2D eigenvalue weighted by Crippen LogP contribution is 2.35. The van der Waals surface area contributed by atoms with Gasteiger partial charge in [0.2, 0.25) is 0 Å². The number of ether oxygens (including phenoxy) is 4. The quantitative estimate of drug-likeness (QED) is 0.239. The molecule has 0 saturated heterocycles. The van der Waals surface area contributed by atoms with Gasteiger partial charge >= 0.3 is 5.97 Å². The number of aromatic hydroxyl groups is 1. The van der Waals surface area contributed by atoms with Crippen LogP contribution >= 0.6 is 11.8 Å². The number of aliphatic imine (C=N–C) groups is 1. The molecule has 0 fully saturated rings. The van der Waals surface area contributed by atoms with E-state index < -0.39 is 21.6 Å². The van der Waals surface area contributed by atoms with Crippen LogP contribution in [0.1, 0.15) is 18.1 Å². The maximum absolute atomic E-state index is 11.3. The lowest BCUT2D eigenvalue weighted by molar-refractivity contribution is -0.141. The minimum Gasteiger partial charge on any atom is -0.507 e. The van der Waals surface area contributed by atoms with Gasteiger partial charge in [0.25, 0.3) is 10.1 Å². The van der Waals surface area contributed by atoms with E-state index in [2.05, 4.69) is 4.99 Å². The Morgan fingerprint density at radius 2 is 1.63 bits per heavy atom. The predicted molar refractivity (Wildman–Crippen MR) is 143 cm³/mol. The second-order valence-corrected chi connectivity index (χ2v) is 10.7. The normalized spacial score (nSPS) is 16.9. The predicted octanol–water partition coefficient (Wildman–Crippen LogP) is 3.03. The lowest BCUT2D eigenvalue weighted by atomic mass is 10.1. The molecular weight excluding hydrogens is 538 g/mol. The topological polar surface area (TPSA) is 161 Å². The molecule has 13 heteroatoms. The zero-order valence-electron chi connectivity index (χ0n) is 21.5. The van der Waals surface area contributed by atoms with E-state index in [1.165, 1.54) is 30.0 Å². The van der Waals surface area contributed by atoms with Crippen LogP contribution in [0.2, 0.25) is 0 Å². The third kappa shape index (κ3) is 10.2. The molecule has 0 aliphatic carbocycles. The van der Waals surface area contributed by atoms with Gasteiger partial charge in [-0.25, -0.2) is 4.79 Å². The number of thioether (sulfide) groups is 1. The summed E-state index contributed by atoms with van der Waals surface area (Å²) in [5.41, 5.74) is 0.297. The van der Waals surface area contributed by atoms with Gasteiger partial charge in [-0.05, 0) is 38.1 Å². The molecule has 1 atom stereocenters. The first kappa shape index (κ1) is 31.5. The van der Waals surface area contributed by atoms with Gasteiger partial charge in [0.15, 0.2) is 5.54 Å². The van der Waals surface area contributed by atoms with Crippen LogP contribution in [0.5, 0.6) is 11.5 Å². The van der Waals surface area contributed by atoms with Crippen LogP contribution in [0.4, 0.5) is 0 Å². The number of phenolic OH excluding ortho intramolecular Hbond substituents is 1. The molecule has 210 valence electrons. The van der Waals surface area contributed by atoms with Gasteiger partial charge in [-0.3, -0.25) is 9.55 Å². The first-order chi connectivity index (χ1) is 18.0. The monoisotopic (exact) mass is 571 g/mol. The molecule has 0 saturated carbocycles. The molecular formula is C25H33NO10S2. The summed E-state index contributed by atoms with van der Waals surface area (Å²) in [7, 11) is -2.40. The molecule has 0 bridgehead atoms. The van der Waals surface area contributed by atoms with E-state index in [4.69, 9.17) is 23.5 Å². The Hall–Kier alpha value is -2.68. The average molecular weight is 572 g/mol. The van der Waals surface area contributed by atoms with Gasteiger partial charge in [-0.2, -0.15) is 8.42 Å². The van der Waals surface area contributed by atoms with Crippen molar-refractivity contribution in [3.05, 3.63) is 53.6 Å². The van der Waals surface area contributed by atoms with Crippen LogP contribution in [0.3, 0.4) is 0 Å². The van der Waals surface area contributed by atoms with Gasteiger partial charge in [0, 0.05) is 24.5 Å². The lowest BCUT2D eigenvalue weighted by Gasteiger charge is -2.12. The van der Waals surface area contributed by atoms with Gasteiger partial charge < -0.3 is 29.2 Å². The van der Waals surface area contributed by atoms with Crippen LogP contribution in [0, 0.1) is 6.92 Å². The van der Waals surface area contributed by atoms with Crippen molar-refractivity contribution in [2.24, 2.45) is 4.99 Å². The van der Waals surface area contributed by atoms with E-state index in [9.17, 15) is 23.4 Å². The SMILES string of the molecule is COCCOCCOCCOc1ccc(C2=N[C@@](C)(C(=O)O)CS2)c(O)c1.Cc1ccc(S(=O)(=O)O)cc1. The molecule has 0 radical (unpaired) electrons. The third-order valence-electron chi connectivity index (χ3n) is 5.12. The number of carbonyl (C=O) groups is 1.